The van der Waals surface area contributed by atoms with Gasteiger partial charge in [-0.1, -0.05) is 62.2 Å². The fourth-order valence-electron chi connectivity index (χ4n) is 5.24. The predicted octanol–water partition coefficient (Wildman–Crippen LogP) is 3.97. The first kappa shape index (κ1) is 25.6. The molecule has 2 aromatic rings. The van der Waals surface area contributed by atoms with Crippen molar-refractivity contribution in [2.75, 3.05) is 13.1 Å². The Morgan fingerprint density at radius 1 is 0.972 bits per heavy atom. The summed E-state index contributed by atoms with van der Waals surface area (Å²) in [5.74, 6) is -0.847. The Morgan fingerprint density at radius 2 is 1.58 bits per heavy atom. The second-order valence-corrected chi connectivity index (χ2v) is 9.65. The van der Waals surface area contributed by atoms with E-state index < -0.39 is 6.04 Å². The van der Waals surface area contributed by atoms with Crippen LogP contribution in [-0.4, -0.2) is 58.6 Å². The van der Waals surface area contributed by atoms with Crippen LogP contribution in [0, 0.1) is 0 Å². The molecule has 190 valence electrons. The van der Waals surface area contributed by atoms with Crippen molar-refractivity contribution in [1.29, 1.82) is 0 Å². The van der Waals surface area contributed by atoms with E-state index in [9.17, 15) is 19.2 Å². The number of amides is 4. The zero-order valence-corrected chi connectivity index (χ0v) is 20.9. The molecule has 4 amide bonds. The number of nitrogens with zero attached hydrogens (tertiary/aromatic N) is 2. The molecule has 7 heteroatoms. The summed E-state index contributed by atoms with van der Waals surface area (Å²) >= 11 is 0. The summed E-state index contributed by atoms with van der Waals surface area (Å²) in [4.78, 5) is 54.8. The predicted molar refractivity (Wildman–Crippen MR) is 137 cm³/mol. The maximum atomic E-state index is 13.4. The number of hydrogen-bond acceptors (Lipinski definition) is 4. The first-order chi connectivity index (χ1) is 17.5. The van der Waals surface area contributed by atoms with Crippen LogP contribution in [0.5, 0.6) is 0 Å². The molecule has 36 heavy (non-hydrogen) atoms. The topological polar surface area (TPSA) is 86.8 Å². The second kappa shape index (κ2) is 12.0. The zero-order chi connectivity index (χ0) is 25.5. The van der Waals surface area contributed by atoms with Gasteiger partial charge in [-0.15, -0.1) is 0 Å². The maximum Gasteiger partial charge on any atom is 0.261 e. The molecule has 1 saturated carbocycles. The molecule has 4 rings (SSSR count). The Balaban J connectivity index is 1.40. The molecule has 0 bridgehead atoms. The molecule has 1 N–H and O–H groups in total. The fraction of sp³-hybridized carbons (Fsp3) is 0.448. The third-order valence-electron chi connectivity index (χ3n) is 7.22. The molecule has 2 aliphatic rings. The van der Waals surface area contributed by atoms with Gasteiger partial charge in [-0.25, -0.2) is 0 Å². The van der Waals surface area contributed by atoms with Gasteiger partial charge in [-0.05, 0) is 49.8 Å². The van der Waals surface area contributed by atoms with Gasteiger partial charge in [-0.3, -0.25) is 24.1 Å². The second-order valence-electron chi connectivity index (χ2n) is 9.65. The van der Waals surface area contributed by atoms with E-state index >= 15 is 0 Å². The smallest absolute Gasteiger partial charge is 0.261 e. The lowest BCUT2D eigenvalue weighted by molar-refractivity contribution is -0.141. The first-order valence-electron chi connectivity index (χ1n) is 13.1. The maximum absolute atomic E-state index is 13.4. The molecule has 0 spiro atoms. The Hall–Kier alpha value is -3.48. The van der Waals surface area contributed by atoms with Crippen molar-refractivity contribution in [3.63, 3.8) is 0 Å². The first-order valence-corrected chi connectivity index (χ1v) is 13.1. The molecule has 7 nitrogen and oxygen atoms in total. The fourth-order valence-corrected chi connectivity index (χ4v) is 5.24. The monoisotopic (exact) mass is 489 g/mol. The van der Waals surface area contributed by atoms with Crippen LogP contribution in [0.15, 0.2) is 54.6 Å². The Labute approximate surface area is 212 Å². The van der Waals surface area contributed by atoms with E-state index in [0.717, 1.165) is 31.2 Å². The molecule has 2 aromatic carbocycles. The molecule has 1 aliphatic heterocycles. The minimum Gasteiger partial charge on any atom is -0.352 e. The van der Waals surface area contributed by atoms with Crippen LogP contribution >= 0.6 is 0 Å². The highest BCUT2D eigenvalue weighted by atomic mass is 16.2. The normalized spacial score (nSPS) is 16.2. The van der Waals surface area contributed by atoms with Gasteiger partial charge in [0.2, 0.25) is 11.8 Å². The van der Waals surface area contributed by atoms with E-state index in [1.165, 1.54) is 4.90 Å². The van der Waals surface area contributed by atoms with Gasteiger partial charge < -0.3 is 10.2 Å². The molecular formula is C29H35N3O4. The molecule has 0 saturated heterocycles. The standard InChI is InChI=1S/C29H35N3O4/c1-2-25(27(34)30-22-13-6-7-14-22)31(20-18-21-11-4-3-5-12-21)26(33)17-10-19-32-28(35)23-15-8-9-16-24(23)29(32)36/h3-5,8-9,11-12,15-16,22,25H,2,6-7,10,13-14,17-20H2,1H3,(H,30,34)/t25-/m1/s1. The lowest BCUT2D eigenvalue weighted by Crippen LogP contribution is -2.52. The Kier molecular flexibility index (Phi) is 8.52. The van der Waals surface area contributed by atoms with Gasteiger partial charge in [0.05, 0.1) is 11.1 Å². The van der Waals surface area contributed by atoms with E-state index in [2.05, 4.69) is 5.32 Å². The minimum atomic E-state index is -0.541. The van der Waals surface area contributed by atoms with E-state index in [4.69, 9.17) is 0 Å². The third-order valence-corrected chi connectivity index (χ3v) is 7.22. The van der Waals surface area contributed by atoms with Gasteiger partial charge in [0.25, 0.3) is 11.8 Å². The van der Waals surface area contributed by atoms with Crippen LogP contribution in [0.25, 0.3) is 0 Å². The van der Waals surface area contributed by atoms with Crippen LogP contribution in [0.4, 0.5) is 0 Å². The number of hydrogen-bond donors (Lipinski definition) is 1. The molecular weight excluding hydrogens is 454 g/mol. The van der Waals surface area contributed by atoms with Crippen LogP contribution in [0.3, 0.4) is 0 Å². The van der Waals surface area contributed by atoms with E-state index in [1.807, 2.05) is 37.3 Å². The summed E-state index contributed by atoms with van der Waals surface area (Å²) in [6, 6.07) is 16.4. The van der Waals surface area contributed by atoms with Gasteiger partial charge >= 0.3 is 0 Å². The highest BCUT2D eigenvalue weighted by Gasteiger charge is 2.35. The van der Waals surface area contributed by atoms with Crippen molar-refractivity contribution in [2.24, 2.45) is 0 Å². The molecule has 0 radical (unpaired) electrons. The van der Waals surface area contributed by atoms with Crippen molar-refractivity contribution in [2.45, 2.75) is 70.4 Å². The highest BCUT2D eigenvalue weighted by molar-refractivity contribution is 6.21. The Bertz CT molecular complexity index is 1060. The van der Waals surface area contributed by atoms with E-state index in [1.54, 1.807) is 29.2 Å². The molecule has 0 aromatic heterocycles. The molecule has 1 fully saturated rings. The van der Waals surface area contributed by atoms with Crippen LogP contribution in [0.1, 0.15) is 78.1 Å². The molecule has 1 aliphatic carbocycles. The number of benzene rings is 2. The summed E-state index contributed by atoms with van der Waals surface area (Å²) in [5, 5.41) is 3.16. The lowest BCUT2D eigenvalue weighted by atomic mass is 10.1. The number of nitrogens with one attached hydrogen (secondary N) is 1. The van der Waals surface area contributed by atoms with E-state index in [-0.39, 0.29) is 42.6 Å². The van der Waals surface area contributed by atoms with Crippen molar-refractivity contribution < 1.29 is 19.2 Å². The molecule has 1 heterocycles. The van der Waals surface area contributed by atoms with Gasteiger partial charge in [0, 0.05) is 25.6 Å². The summed E-state index contributed by atoms with van der Waals surface area (Å²) in [5.41, 5.74) is 1.92. The number of rotatable bonds is 11. The summed E-state index contributed by atoms with van der Waals surface area (Å²) in [7, 11) is 0. The van der Waals surface area contributed by atoms with Crippen molar-refractivity contribution in [3.05, 3.63) is 71.3 Å². The van der Waals surface area contributed by atoms with Crippen LogP contribution in [0.2, 0.25) is 0 Å². The third kappa shape index (κ3) is 5.83. The van der Waals surface area contributed by atoms with Gasteiger partial charge in [0.1, 0.15) is 6.04 Å². The summed E-state index contributed by atoms with van der Waals surface area (Å²) in [6.07, 6.45) is 5.91. The SMILES string of the molecule is CC[C@H](C(=O)NC1CCCC1)N(CCc1ccccc1)C(=O)CCCN1C(=O)c2ccccc2C1=O. The number of fused-ring (bicyclic) bond motifs is 1. The zero-order valence-electron chi connectivity index (χ0n) is 20.9. The van der Waals surface area contributed by atoms with Crippen molar-refractivity contribution >= 4 is 23.6 Å². The summed E-state index contributed by atoms with van der Waals surface area (Å²) in [6.45, 7) is 2.54. The van der Waals surface area contributed by atoms with E-state index in [0.29, 0.717) is 36.9 Å². The number of imide groups is 1. The quantitative estimate of drug-likeness (QED) is 0.484. The van der Waals surface area contributed by atoms with Gasteiger partial charge in [-0.2, -0.15) is 0 Å². The van der Waals surface area contributed by atoms with Crippen molar-refractivity contribution in [1.82, 2.24) is 15.1 Å². The van der Waals surface area contributed by atoms with Crippen molar-refractivity contribution in [3.8, 4) is 0 Å². The molecule has 1 atom stereocenters. The largest absolute Gasteiger partial charge is 0.352 e. The average molecular weight is 490 g/mol. The average Bonchev–Trinajstić information content (AvgIpc) is 3.49. The highest BCUT2D eigenvalue weighted by Crippen LogP contribution is 2.23. The number of carbonyl (C=O) groups excluding carboxylic acids is 4. The van der Waals surface area contributed by atoms with Crippen LogP contribution < -0.4 is 5.32 Å². The van der Waals surface area contributed by atoms with Gasteiger partial charge in [0.15, 0.2) is 0 Å². The minimum absolute atomic E-state index is 0.0915. The number of carbonyl (C=O) groups is 4. The Morgan fingerprint density at radius 3 is 2.19 bits per heavy atom. The summed E-state index contributed by atoms with van der Waals surface area (Å²) < 4.78 is 0. The molecule has 0 unspecified atom stereocenters. The van der Waals surface area contributed by atoms with Crippen LogP contribution in [-0.2, 0) is 16.0 Å². The lowest BCUT2D eigenvalue weighted by Gasteiger charge is -2.31.